The molecule has 3 aromatic rings. The number of rotatable bonds is 8. The number of carboxylic acid groups (broad SMARTS) is 1. The quantitative estimate of drug-likeness (QED) is 0.444. The summed E-state index contributed by atoms with van der Waals surface area (Å²) in [7, 11) is 1.54. The molecule has 1 atom stereocenters. The Morgan fingerprint density at radius 1 is 0.947 bits per heavy atom. The van der Waals surface area contributed by atoms with E-state index in [1.54, 1.807) is 74.6 Å². The molecule has 0 radical (unpaired) electrons. The van der Waals surface area contributed by atoms with Crippen LogP contribution in [0.25, 0.3) is 0 Å². The van der Waals surface area contributed by atoms with Crippen molar-refractivity contribution in [3.63, 3.8) is 0 Å². The number of benzene rings is 3. The zero-order chi connectivity index (χ0) is 27.4. The summed E-state index contributed by atoms with van der Waals surface area (Å²) in [5.74, 6) is -3.01. The van der Waals surface area contributed by atoms with Crippen molar-refractivity contribution in [3.8, 4) is 0 Å². The third kappa shape index (κ3) is 5.62. The highest BCUT2D eigenvalue weighted by Crippen LogP contribution is 2.29. The van der Waals surface area contributed by atoms with Gasteiger partial charge >= 0.3 is 5.97 Å². The number of ketones is 1. The Morgan fingerprint density at radius 3 is 2.37 bits per heavy atom. The number of carbonyl (C=O) groups is 5. The smallest absolute Gasteiger partial charge is 0.305 e. The molecule has 0 aliphatic carbocycles. The summed E-state index contributed by atoms with van der Waals surface area (Å²) in [5, 5.41) is 11.8. The number of carboxylic acids is 1. The van der Waals surface area contributed by atoms with Crippen LogP contribution in [-0.4, -0.2) is 59.6 Å². The Morgan fingerprint density at radius 2 is 1.66 bits per heavy atom. The standard InChI is InChI=1S/C29H27N3O6/c1-18(20-9-6-10-21(15-20)27(36)19-7-4-3-5-8-19)28(37)30-22-11-12-24-23(16-22)29(38)32(14-13-26(34)35)17-25(33)31(24)2/h3-12,15-16,18H,13-14,17H2,1-2H3,(H,30,37)(H,34,35). The van der Waals surface area contributed by atoms with E-state index in [1.165, 1.54) is 15.9 Å². The van der Waals surface area contributed by atoms with E-state index >= 15 is 0 Å². The monoisotopic (exact) mass is 513 g/mol. The molecule has 1 heterocycles. The zero-order valence-corrected chi connectivity index (χ0v) is 21.0. The van der Waals surface area contributed by atoms with Gasteiger partial charge < -0.3 is 20.2 Å². The first kappa shape index (κ1) is 26.3. The van der Waals surface area contributed by atoms with E-state index in [1.807, 2.05) is 6.07 Å². The summed E-state index contributed by atoms with van der Waals surface area (Å²) in [6.45, 7) is 1.36. The maximum Gasteiger partial charge on any atom is 0.305 e. The molecule has 2 N–H and O–H groups in total. The van der Waals surface area contributed by atoms with Crippen LogP contribution in [0.15, 0.2) is 72.8 Å². The predicted octanol–water partition coefficient (Wildman–Crippen LogP) is 3.55. The molecule has 194 valence electrons. The van der Waals surface area contributed by atoms with Crippen LogP contribution in [0.1, 0.15) is 51.1 Å². The minimum atomic E-state index is -1.08. The second kappa shape index (κ2) is 11.1. The lowest BCUT2D eigenvalue weighted by Gasteiger charge is -2.19. The number of fused-ring (bicyclic) bond motifs is 1. The molecule has 1 aliphatic heterocycles. The van der Waals surface area contributed by atoms with E-state index in [4.69, 9.17) is 5.11 Å². The van der Waals surface area contributed by atoms with Crippen LogP contribution < -0.4 is 10.2 Å². The third-order valence-corrected chi connectivity index (χ3v) is 6.52. The maximum atomic E-state index is 13.2. The SMILES string of the molecule is CC(C(=O)Nc1ccc2c(c1)C(=O)N(CCC(=O)O)CC(=O)N2C)c1cccc(C(=O)c2ccccc2)c1. The third-order valence-electron chi connectivity index (χ3n) is 6.52. The largest absolute Gasteiger partial charge is 0.481 e. The number of nitrogens with zero attached hydrogens (tertiary/aromatic N) is 2. The Balaban J connectivity index is 1.54. The van der Waals surface area contributed by atoms with Gasteiger partial charge in [0.1, 0.15) is 6.54 Å². The van der Waals surface area contributed by atoms with Crippen molar-refractivity contribution in [2.45, 2.75) is 19.3 Å². The molecule has 9 nitrogen and oxygen atoms in total. The van der Waals surface area contributed by atoms with Crippen molar-refractivity contribution in [2.75, 3.05) is 30.4 Å². The van der Waals surface area contributed by atoms with E-state index < -0.39 is 17.8 Å². The lowest BCUT2D eigenvalue weighted by molar-refractivity contribution is -0.137. The summed E-state index contributed by atoms with van der Waals surface area (Å²) in [4.78, 5) is 65.2. The molecule has 0 spiro atoms. The van der Waals surface area contributed by atoms with Crippen LogP contribution in [0.5, 0.6) is 0 Å². The van der Waals surface area contributed by atoms with E-state index in [0.29, 0.717) is 28.1 Å². The lowest BCUT2D eigenvalue weighted by Crippen LogP contribution is -2.38. The Kier molecular flexibility index (Phi) is 7.66. The van der Waals surface area contributed by atoms with Gasteiger partial charge in [-0.05, 0) is 36.8 Å². The van der Waals surface area contributed by atoms with Gasteiger partial charge in [-0.25, -0.2) is 0 Å². The molecule has 1 unspecified atom stereocenters. The number of carbonyl (C=O) groups excluding carboxylic acids is 4. The fourth-order valence-electron chi connectivity index (χ4n) is 4.24. The molecule has 9 heteroatoms. The number of aliphatic carboxylic acids is 1. The fraction of sp³-hybridized carbons (Fsp3) is 0.207. The first-order chi connectivity index (χ1) is 18.2. The van der Waals surface area contributed by atoms with E-state index in [2.05, 4.69) is 5.32 Å². The van der Waals surface area contributed by atoms with Crippen LogP contribution in [-0.2, 0) is 14.4 Å². The Bertz CT molecular complexity index is 1420. The molecule has 0 saturated carbocycles. The maximum absolute atomic E-state index is 13.2. The molecular weight excluding hydrogens is 486 g/mol. The summed E-state index contributed by atoms with van der Waals surface area (Å²) in [6.07, 6.45) is -0.294. The van der Waals surface area contributed by atoms with Gasteiger partial charge in [0.25, 0.3) is 5.91 Å². The molecule has 1 aliphatic rings. The Labute approximate surface area is 219 Å². The summed E-state index contributed by atoms with van der Waals surface area (Å²) < 4.78 is 0. The molecule has 4 rings (SSSR count). The highest BCUT2D eigenvalue weighted by Gasteiger charge is 2.30. The number of anilines is 2. The first-order valence-corrected chi connectivity index (χ1v) is 12.1. The van der Waals surface area contributed by atoms with Gasteiger partial charge in [0, 0.05) is 30.4 Å². The molecule has 0 fully saturated rings. The Hall–Kier alpha value is -4.79. The summed E-state index contributed by atoms with van der Waals surface area (Å²) in [6, 6.07) is 20.4. The van der Waals surface area contributed by atoms with Crippen molar-refractivity contribution < 1.29 is 29.1 Å². The zero-order valence-electron chi connectivity index (χ0n) is 21.0. The van der Waals surface area contributed by atoms with Gasteiger partial charge in [-0.3, -0.25) is 24.0 Å². The van der Waals surface area contributed by atoms with Crippen LogP contribution in [0, 0.1) is 0 Å². The number of hydrogen-bond acceptors (Lipinski definition) is 5. The number of nitrogens with one attached hydrogen (secondary N) is 1. The van der Waals surface area contributed by atoms with Gasteiger partial charge in [0.15, 0.2) is 5.78 Å². The minimum Gasteiger partial charge on any atom is -0.481 e. The van der Waals surface area contributed by atoms with Crippen molar-refractivity contribution in [1.29, 1.82) is 0 Å². The predicted molar refractivity (Wildman–Crippen MR) is 141 cm³/mol. The number of likely N-dealkylation sites (N-methyl/N-ethyl adjacent to an activating group) is 1. The molecule has 0 bridgehead atoms. The first-order valence-electron chi connectivity index (χ1n) is 12.1. The second-order valence-electron chi connectivity index (χ2n) is 9.09. The average molecular weight is 514 g/mol. The fourth-order valence-corrected chi connectivity index (χ4v) is 4.24. The van der Waals surface area contributed by atoms with Crippen molar-refractivity contribution >= 4 is 40.8 Å². The van der Waals surface area contributed by atoms with Crippen LogP contribution in [0.3, 0.4) is 0 Å². The highest BCUT2D eigenvalue weighted by molar-refractivity contribution is 6.11. The topological polar surface area (TPSA) is 124 Å². The number of amides is 3. The number of hydrogen-bond donors (Lipinski definition) is 2. The molecule has 3 aromatic carbocycles. The van der Waals surface area contributed by atoms with Gasteiger partial charge in [-0.1, -0.05) is 48.5 Å². The van der Waals surface area contributed by atoms with Gasteiger partial charge in [0.05, 0.1) is 23.6 Å². The van der Waals surface area contributed by atoms with Crippen LogP contribution in [0.2, 0.25) is 0 Å². The molecule has 38 heavy (non-hydrogen) atoms. The van der Waals surface area contributed by atoms with Crippen molar-refractivity contribution in [1.82, 2.24) is 4.90 Å². The van der Waals surface area contributed by atoms with Crippen molar-refractivity contribution in [3.05, 3.63) is 95.1 Å². The van der Waals surface area contributed by atoms with Crippen LogP contribution >= 0.6 is 0 Å². The second-order valence-corrected chi connectivity index (χ2v) is 9.09. The highest BCUT2D eigenvalue weighted by atomic mass is 16.4. The van der Waals surface area contributed by atoms with E-state index in [9.17, 15) is 24.0 Å². The summed E-state index contributed by atoms with van der Waals surface area (Å²) >= 11 is 0. The van der Waals surface area contributed by atoms with Gasteiger partial charge in [-0.2, -0.15) is 0 Å². The lowest BCUT2D eigenvalue weighted by atomic mass is 9.95. The summed E-state index contributed by atoms with van der Waals surface area (Å²) in [5.41, 5.74) is 2.59. The van der Waals surface area contributed by atoms with E-state index in [-0.39, 0.29) is 42.7 Å². The van der Waals surface area contributed by atoms with Gasteiger partial charge in [-0.15, -0.1) is 0 Å². The molecule has 3 amide bonds. The van der Waals surface area contributed by atoms with Crippen LogP contribution in [0.4, 0.5) is 11.4 Å². The molecule has 0 aromatic heterocycles. The van der Waals surface area contributed by atoms with Crippen molar-refractivity contribution in [2.24, 2.45) is 0 Å². The molecule has 0 saturated heterocycles. The minimum absolute atomic E-state index is 0.112. The average Bonchev–Trinajstić information content (AvgIpc) is 3.01. The molecular formula is C29H27N3O6. The van der Waals surface area contributed by atoms with Gasteiger partial charge in [0.2, 0.25) is 11.8 Å². The van der Waals surface area contributed by atoms with E-state index in [0.717, 1.165) is 0 Å². The normalized spacial score (nSPS) is 13.9.